The largest absolute Gasteiger partial charge is 0.395 e. The number of benzene rings is 1. The third kappa shape index (κ3) is 2.96. The Hall–Kier alpha value is -2.18. The van der Waals surface area contributed by atoms with E-state index in [9.17, 15) is 9.90 Å². The van der Waals surface area contributed by atoms with Crippen LogP contribution in [0.25, 0.3) is 0 Å². The van der Waals surface area contributed by atoms with Gasteiger partial charge < -0.3 is 10.4 Å². The lowest BCUT2D eigenvalue weighted by Gasteiger charge is -2.21. The fourth-order valence-electron chi connectivity index (χ4n) is 3.79. The second kappa shape index (κ2) is 6.61. The number of fused-ring (bicyclic) bond motifs is 2. The topological polar surface area (TPSA) is 70.4 Å². The molecule has 132 valence electrons. The Morgan fingerprint density at radius 1 is 1.36 bits per heavy atom. The number of hydrogen-bond acceptors (Lipinski definition) is 4. The highest BCUT2D eigenvalue weighted by Crippen LogP contribution is 2.31. The average Bonchev–Trinajstić information content (AvgIpc) is 3.25. The monoisotopic (exact) mass is 340 g/mol. The number of aliphatic hydroxyl groups is 1. The lowest BCUT2D eigenvalue weighted by Crippen LogP contribution is -2.30. The standard InChI is InChI=1S/C19H24N4O2/c1-13(12-24)22-10-14-5-4-6-17(16(14)11-22)21-19(25)15-9-20-23-8-3-2-7-18(15)23/h4-6,9,13,24H,2-3,7-8,10-12H2,1H3,(H,21,25). The maximum Gasteiger partial charge on any atom is 0.259 e. The number of carbonyl (C=O) groups excluding carboxylic acids is 1. The van der Waals surface area contributed by atoms with Gasteiger partial charge in [0.2, 0.25) is 0 Å². The second-order valence-electron chi connectivity index (χ2n) is 7.02. The molecular formula is C19H24N4O2. The van der Waals surface area contributed by atoms with Gasteiger partial charge in [-0.1, -0.05) is 12.1 Å². The second-order valence-corrected chi connectivity index (χ2v) is 7.02. The molecule has 1 atom stereocenters. The predicted molar refractivity (Wildman–Crippen MR) is 95.4 cm³/mol. The normalized spacial score (nSPS) is 17.8. The molecule has 4 rings (SSSR count). The number of amides is 1. The summed E-state index contributed by atoms with van der Waals surface area (Å²) in [6.45, 7) is 4.61. The van der Waals surface area contributed by atoms with Gasteiger partial charge in [-0.05, 0) is 43.4 Å². The Balaban J connectivity index is 1.56. The van der Waals surface area contributed by atoms with Crippen molar-refractivity contribution in [2.45, 2.75) is 51.9 Å². The number of aliphatic hydroxyl groups excluding tert-OH is 1. The van der Waals surface area contributed by atoms with E-state index in [1.807, 2.05) is 23.7 Å². The Morgan fingerprint density at radius 2 is 2.24 bits per heavy atom. The Labute approximate surface area is 147 Å². The van der Waals surface area contributed by atoms with Gasteiger partial charge in [0.1, 0.15) is 0 Å². The molecule has 0 bridgehead atoms. The van der Waals surface area contributed by atoms with E-state index >= 15 is 0 Å². The molecule has 1 aromatic carbocycles. The van der Waals surface area contributed by atoms with Crippen molar-refractivity contribution >= 4 is 11.6 Å². The fourth-order valence-corrected chi connectivity index (χ4v) is 3.79. The van der Waals surface area contributed by atoms with Crippen molar-refractivity contribution in [3.8, 4) is 0 Å². The number of aromatic nitrogens is 2. The number of aryl methyl sites for hydroxylation is 1. The molecule has 1 unspecified atom stereocenters. The van der Waals surface area contributed by atoms with Crippen LogP contribution in [0.5, 0.6) is 0 Å². The zero-order valence-electron chi connectivity index (χ0n) is 14.5. The van der Waals surface area contributed by atoms with Crippen LogP contribution in [0.2, 0.25) is 0 Å². The lowest BCUT2D eigenvalue weighted by atomic mass is 10.1. The highest BCUT2D eigenvalue weighted by atomic mass is 16.3. The molecule has 0 spiro atoms. The molecule has 3 heterocycles. The quantitative estimate of drug-likeness (QED) is 0.895. The zero-order chi connectivity index (χ0) is 17.4. The van der Waals surface area contributed by atoms with Gasteiger partial charge in [-0.15, -0.1) is 0 Å². The minimum Gasteiger partial charge on any atom is -0.395 e. The summed E-state index contributed by atoms with van der Waals surface area (Å²) in [6, 6.07) is 6.14. The van der Waals surface area contributed by atoms with Crippen LogP contribution in [0.3, 0.4) is 0 Å². The van der Waals surface area contributed by atoms with E-state index in [-0.39, 0.29) is 18.6 Å². The number of nitrogens with zero attached hydrogens (tertiary/aromatic N) is 3. The molecule has 2 aromatic rings. The van der Waals surface area contributed by atoms with Crippen LogP contribution in [0.15, 0.2) is 24.4 Å². The van der Waals surface area contributed by atoms with Gasteiger partial charge in [0, 0.05) is 31.4 Å². The first-order valence-electron chi connectivity index (χ1n) is 8.99. The summed E-state index contributed by atoms with van der Waals surface area (Å²) in [5.74, 6) is -0.0785. The number of carbonyl (C=O) groups is 1. The molecule has 6 heteroatoms. The molecular weight excluding hydrogens is 316 g/mol. The first-order chi connectivity index (χ1) is 12.2. The van der Waals surface area contributed by atoms with Crippen molar-refractivity contribution in [1.82, 2.24) is 14.7 Å². The van der Waals surface area contributed by atoms with Crippen molar-refractivity contribution in [1.29, 1.82) is 0 Å². The summed E-state index contributed by atoms with van der Waals surface area (Å²) in [5.41, 5.74) is 4.97. The van der Waals surface area contributed by atoms with Crippen LogP contribution in [0, 0.1) is 0 Å². The minimum absolute atomic E-state index is 0.0785. The molecule has 2 aliphatic rings. The van der Waals surface area contributed by atoms with Crippen LogP contribution in [-0.4, -0.2) is 38.3 Å². The molecule has 2 aliphatic heterocycles. The third-order valence-electron chi connectivity index (χ3n) is 5.37. The van der Waals surface area contributed by atoms with Crippen molar-refractivity contribution in [2.75, 3.05) is 11.9 Å². The van der Waals surface area contributed by atoms with Crippen LogP contribution < -0.4 is 5.32 Å². The van der Waals surface area contributed by atoms with E-state index in [0.29, 0.717) is 5.56 Å². The maximum atomic E-state index is 12.8. The van der Waals surface area contributed by atoms with Gasteiger partial charge in [0.25, 0.3) is 5.91 Å². The first kappa shape index (κ1) is 16.3. The number of nitrogens with one attached hydrogen (secondary N) is 1. The molecule has 1 aromatic heterocycles. The summed E-state index contributed by atoms with van der Waals surface area (Å²) >= 11 is 0. The van der Waals surface area contributed by atoms with Gasteiger partial charge in [-0.25, -0.2) is 0 Å². The molecule has 1 amide bonds. The van der Waals surface area contributed by atoms with E-state index in [1.165, 1.54) is 5.56 Å². The van der Waals surface area contributed by atoms with E-state index in [4.69, 9.17) is 0 Å². The van der Waals surface area contributed by atoms with E-state index in [1.54, 1.807) is 6.20 Å². The van der Waals surface area contributed by atoms with E-state index in [2.05, 4.69) is 21.4 Å². The molecule has 25 heavy (non-hydrogen) atoms. The summed E-state index contributed by atoms with van der Waals surface area (Å²) in [4.78, 5) is 15.0. The van der Waals surface area contributed by atoms with E-state index < -0.39 is 0 Å². The Morgan fingerprint density at radius 3 is 3.08 bits per heavy atom. The van der Waals surface area contributed by atoms with Crippen molar-refractivity contribution in [3.05, 3.63) is 46.8 Å². The van der Waals surface area contributed by atoms with Gasteiger partial charge in [-0.2, -0.15) is 5.10 Å². The van der Waals surface area contributed by atoms with Gasteiger partial charge in [-0.3, -0.25) is 14.4 Å². The summed E-state index contributed by atoms with van der Waals surface area (Å²) in [5, 5.41) is 16.9. The highest BCUT2D eigenvalue weighted by Gasteiger charge is 2.26. The van der Waals surface area contributed by atoms with Gasteiger partial charge in [0.05, 0.1) is 24.1 Å². The molecule has 0 radical (unpaired) electrons. The Bertz CT molecular complexity index is 799. The number of anilines is 1. The van der Waals surface area contributed by atoms with Gasteiger partial charge in [0.15, 0.2) is 0 Å². The molecule has 0 aliphatic carbocycles. The van der Waals surface area contributed by atoms with Crippen LogP contribution in [0.4, 0.5) is 5.69 Å². The van der Waals surface area contributed by atoms with Crippen molar-refractivity contribution in [3.63, 3.8) is 0 Å². The maximum absolute atomic E-state index is 12.8. The predicted octanol–water partition coefficient (Wildman–Crippen LogP) is 2.17. The first-order valence-corrected chi connectivity index (χ1v) is 8.99. The third-order valence-corrected chi connectivity index (χ3v) is 5.37. The van der Waals surface area contributed by atoms with E-state index in [0.717, 1.165) is 55.8 Å². The van der Waals surface area contributed by atoms with Crippen LogP contribution >= 0.6 is 0 Å². The smallest absolute Gasteiger partial charge is 0.259 e. The van der Waals surface area contributed by atoms with Gasteiger partial charge >= 0.3 is 0 Å². The summed E-state index contributed by atoms with van der Waals surface area (Å²) < 4.78 is 1.96. The minimum atomic E-state index is -0.0785. The molecule has 0 saturated carbocycles. The lowest BCUT2D eigenvalue weighted by molar-refractivity contribution is 0.102. The number of hydrogen-bond donors (Lipinski definition) is 2. The molecule has 0 fully saturated rings. The number of rotatable bonds is 4. The average molecular weight is 340 g/mol. The Kier molecular flexibility index (Phi) is 4.31. The highest BCUT2D eigenvalue weighted by molar-refractivity contribution is 6.05. The SMILES string of the molecule is CC(CO)N1Cc2cccc(NC(=O)c3cnn4c3CCCC4)c2C1. The van der Waals surface area contributed by atoms with Crippen molar-refractivity contribution < 1.29 is 9.90 Å². The summed E-state index contributed by atoms with van der Waals surface area (Å²) in [6.07, 6.45) is 4.85. The van der Waals surface area contributed by atoms with Crippen LogP contribution in [0.1, 0.15) is 46.9 Å². The summed E-state index contributed by atoms with van der Waals surface area (Å²) in [7, 11) is 0. The van der Waals surface area contributed by atoms with Crippen LogP contribution in [-0.2, 0) is 26.1 Å². The molecule has 6 nitrogen and oxygen atoms in total. The fraction of sp³-hybridized carbons (Fsp3) is 0.474. The zero-order valence-corrected chi connectivity index (χ0v) is 14.5. The molecule has 2 N–H and O–H groups in total. The van der Waals surface area contributed by atoms with Crippen molar-refractivity contribution in [2.24, 2.45) is 0 Å². The molecule has 0 saturated heterocycles.